The Morgan fingerprint density at radius 1 is 1.09 bits per heavy atom. The van der Waals surface area contributed by atoms with Crippen molar-refractivity contribution in [1.29, 1.82) is 0 Å². The van der Waals surface area contributed by atoms with Crippen LogP contribution in [0.3, 0.4) is 0 Å². The molecule has 0 aliphatic rings. The van der Waals surface area contributed by atoms with Gasteiger partial charge in [0.1, 0.15) is 5.75 Å². The molecule has 1 amide bonds. The Hall–Kier alpha value is -1.52. The van der Waals surface area contributed by atoms with E-state index in [1.807, 2.05) is 52.0 Å². The zero-order valence-corrected chi connectivity index (χ0v) is 15.9. The molecule has 0 heterocycles. The van der Waals surface area contributed by atoms with Crippen LogP contribution in [0.25, 0.3) is 0 Å². The number of hydrogen-bond donors (Lipinski definition) is 1. The van der Waals surface area contributed by atoms with Gasteiger partial charge in [-0.25, -0.2) is 0 Å². The number of ether oxygens (including phenoxy) is 1. The Balaban J connectivity index is 2.07. The molecule has 2 rings (SSSR count). The number of anilines is 1. The van der Waals surface area contributed by atoms with Gasteiger partial charge in [0.05, 0.1) is 10.7 Å². The van der Waals surface area contributed by atoms with Crippen molar-refractivity contribution < 1.29 is 9.53 Å². The van der Waals surface area contributed by atoms with E-state index in [1.165, 1.54) is 0 Å². The fourth-order valence-corrected chi connectivity index (χ4v) is 3.57. The summed E-state index contributed by atoms with van der Waals surface area (Å²) >= 11 is 9.65. The fourth-order valence-electron chi connectivity index (χ4n) is 2.51. The van der Waals surface area contributed by atoms with E-state index >= 15 is 0 Å². The lowest BCUT2D eigenvalue weighted by atomic mass is 10.1. The third-order valence-electron chi connectivity index (χ3n) is 3.47. The van der Waals surface area contributed by atoms with Crippen LogP contribution in [0, 0.1) is 27.7 Å². The van der Waals surface area contributed by atoms with Gasteiger partial charge < -0.3 is 10.1 Å². The van der Waals surface area contributed by atoms with Gasteiger partial charge in [0.15, 0.2) is 6.61 Å². The van der Waals surface area contributed by atoms with Gasteiger partial charge in [-0.2, -0.15) is 0 Å². The zero-order valence-electron chi connectivity index (χ0n) is 13.6. The summed E-state index contributed by atoms with van der Waals surface area (Å²) in [6.45, 7) is 7.72. The van der Waals surface area contributed by atoms with Gasteiger partial charge in [-0.1, -0.05) is 33.6 Å². The summed E-state index contributed by atoms with van der Waals surface area (Å²) in [7, 11) is 0. The molecular weight excluding hydrogens is 378 g/mol. The van der Waals surface area contributed by atoms with Crippen molar-refractivity contribution in [2.45, 2.75) is 27.7 Å². The number of benzene rings is 2. The zero-order chi connectivity index (χ0) is 17.1. The van der Waals surface area contributed by atoms with Crippen molar-refractivity contribution in [2.24, 2.45) is 0 Å². The minimum absolute atomic E-state index is 0.0625. The van der Waals surface area contributed by atoms with Crippen LogP contribution in [-0.4, -0.2) is 12.5 Å². The molecule has 0 atom stereocenters. The van der Waals surface area contributed by atoms with E-state index in [0.29, 0.717) is 10.7 Å². The average molecular weight is 397 g/mol. The summed E-state index contributed by atoms with van der Waals surface area (Å²) in [6, 6.07) is 7.72. The van der Waals surface area contributed by atoms with Crippen molar-refractivity contribution in [3.8, 4) is 5.75 Å². The van der Waals surface area contributed by atoms with Crippen molar-refractivity contribution in [1.82, 2.24) is 0 Å². The summed E-state index contributed by atoms with van der Waals surface area (Å²) in [4.78, 5) is 12.2. The molecule has 1 N–H and O–H groups in total. The SMILES string of the molecule is Cc1cc(C)c(NC(=O)COc2c(C)cc(Br)cc2C)c(Cl)c1. The maximum Gasteiger partial charge on any atom is 0.262 e. The molecule has 0 bridgehead atoms. The summed E-state index contributed by atoms with van der Waals surface area (Å²) < 4.78 is 6.68. The number of carbonyl (C=O) groups is 1. The molecule has 0 aliphatic carbocycles. The second kappa shape index (κ2) is 7.37. The molecule has 122 valence electrons. The Morgan fingerprint density at radius 2 is 1.70 bits per heavy atom. The van der Waals surface area contributed by atoms with E-state index in [9.17, 15) is 4.79 Å². The van der Waals surface area contributed by atoms with Gasteiger partial charge in [0.25, 0.3) is 5.91 Å². The van der Waals surface area contributed by atoms with Gasteiger partial charge in [-0.05, 0) is 68.1 Å². The summed E-state index contributed by atoms with van der Waals surface area (Å²) in [5.74, 6) is 0.496. The molecule has 0 saturated carbocycles. The minimum Gasteiger partial charge on any atom is -0.483 e. The van der Waals surface area contributed by atoms with Gasteiger partial charge in [0, 0.05) is 4.47 Å². The summed E-state index contributed by atoms with van der Waals surface area (Å²) in [5.41, 5.74) is 4.58. The highest BCUT2D eigenvalue weighted by Gasteiger charge is 2.12. The highest BCUT2D eigenvalue weighted by molar-refractivity contribution is 9.10. The van der Waals surface area contributed by atoms with Crippen molar-refractivity contribution in [3.63, 3.8) is 0 Å². The largest absolute Gasteiger partial charge is 0.483 e. The molecule has 0 aliphatic heterocycles. The first kappa shape index (κ1) is 17.8. The standard InChI is InChI=1S/C18H19BrClNO2/c1-10-5-11(2)17(15(20)6-10)21-16(22)9-23-18-12(3)7-14(19)8-13(18)4/h5-8H,9H2,1-4H3,(H,21,22). The van der Waals surface area contributed by atoms with Gasteiger partial charge in [0.2, 0.25) is 0 Å². The lowest BCUT2D eigenvalue weighted by molar-refractivity contribution is -0.118. The Morgan fingerprint density at radius 3 is 2.26 bits per heavy atom. The fraction of sp³-hybridized carbons (Fsp3) is 0.278. The number of carbonyl (C=O) groups excluding carboxylic acids is 1. The quantitative estimate of drug-likeness (QED) is 0.756. The van der Waals surface area contributed by atoms with Gasteiger partial charge in [-0.15, -0.1) is 0 Å². The summed E-state index contributed by atoms with van der Waals surface area (Å²) in [5, 5.41) is 3.36. The average Bonchev–Trinajstić information content (AvgIpc) is 2.41. The predicted octanol–water partition coefficient (Wildman–Crippen LogP) is 5.35. The predicted molar refractivity (Wildman–Crippen MR) is 98.7 cm³/mol. The number of nitrogens with one attached hydrogen (secondary N) is 1. The van der Waals surface area contributed by atoms with Crippen LogP contribution in [0.2, 0.25) is 5.02 Å². The first-order valence-corrected chi connectivity index (χ1v) is 8.41. The van der Waals surface area contributed by atoms with Crippen LogP contribution in [0.5, 0.6) is 5.75 Å². The highest BCUT2D eigenvalue weighted by Crippen LogP contribution is 2.29. The smallest absolute Gasteiger partial charge is 0.262 e. The molecule has 2 aromatic carbocycles. The Labute approximate surface area is 150 Å². The first-order valence-electron chi connectivity index (χ1n) is 7.24. The van der Waals surface area contributed by atoms with E-state index in [-0.39, 0.29) is 12.5 Å². The molecule has 5 heteroatoms. The van der Waals surface area contributed by atoms with E-state index in [2.05, 4.69) is 21.2 Å². The number of hydrogen-bond acceptors (Lipinski definition) is 2. The Kier molecular flexibility index (Phi) is 5.71. The van der Waals surface area contributed by atoms with Crippen LogP contribution in [-0.2, 0) is 4.79 Å². The monoisotopic (exact) mass is 395 g/mol. The Bertz CT molecular complexity index is 713. The van der Waals surface area contributed by atoms with Crippen molar-refractivity contribution in [3.05, 3.63) is 56.0 Å². The molecule has 0 radical (unpaired) electrons. The first-order chi connectivity index (χ1) is 10.8. The molecule has 0 saturated heterocycles. The maximum atomic E-state index is 12.2. The molecule has 0 unspecified atom stereocenters. The van der Waals surface area contributed by atoms with Crippen LogP contribution < -0.4 is 10.1 Å². The van der Waals surface area contributed by atoms with Crippen LogP contribution in [0.1, 0.15) is 22.3 Å². The maximum absolute atomic E-state index is 12.2. The summed E-state index contributed by atoms with van der Waals surface area (Å²) in [6.07, 6.45) is 0. The second-order valence-electron chi connectivity index (χ2n) is 5.64. The number of halogens is 2. The number of rotatable bonds is 4. The topological polar surface area (TPSA) is 38.3 Å². The lowest BCUT2D eigenvalue weighted by Crippen LogP contribution is -2.21. The van der Waals surface area contributed by atoms with Crippen LogP contribution in [0.4, 0.5) is 5.69 Å². The lowest BCUT2D eigenvalue weighted by Gasteiger charge is -2.14. The van der Waals surface area contributed by atoms with Gasteiger partial charge >= 0.3 is 0 Å². The molecular formula is C18H19BrClNO2. The molecule has 0 spiro atoms. The third kappa shape index (κ3) is 4.49. The molecule has 23 heavy (non-hydrogen) atoms. The van der Waals surface area contributed by atoms with E-state index < -0.39 is 0 Å². The number of aryl methyl sites for hydroxylation is 4. The molecule has 0 aromatic heterocycles. The minimum atomic E-state index is -0.236. The molecule has 3 nitrogen and oxygen atoms in total. The highest BCUT2D eigenvalue weighted by atomic mass is 79.9. The number of amides is 1. The van der Waals surface area contributed by atoms with E-state index in [4.69, 9.17) is 16.3 Å². The van der Waals surface area contributed by atoms with Crippen molar-refractivity contribution in [2.75, 3.05) is 11.9 Å². The molecule has 2 aromatic rings. The van der Waals surface area contributed by atoms with Crippen LogP contribution >= 0.6 is 27.5 Å². The third-order valence-corrected chi connectivity index (χ3v) is 4.22. The van der Waals surface area contributed by atoms with Gasteiger partial charge in [-0.3, -0.25) is 4.79 Å². The normalized spacial score (nSPS) is 10.5. The van der Waals surface area contributed by atoms with E-state index in [1.54, 1.807) is 0 Å². The van der Waals surface area contributed by atoms with Crippen molar-refractivity contribution >= 4 is 39.1 Å². The van der Waals surface area contributed by atoms with E-state index in [0.717, 1.165) is 32.5 Å². The second-order valence-corrected chi connectivity index (χ2v) is 6.97. The van der Waals surface area contributed by atoms with Crippen LogP contribution in [0.15, 0.2) is 28.7 Å². The molecule has 0 fully saturated rings.